The minimum Gasteiger partial charge on any atom is -0.482 e. The first-order chi connectivity index (χ1) is 14.5. The van der Waals surface area contributed by atoms with E-state index in [1.54, 1.807) is 60.7 Å². The molecule has 152 valence electrons. The standard InChI is InChI=1S/C23H19ClN2O4/c1-16-6-2-3-7-19(16)23(28)30-18-12-10-17(11-13-18)14-25-26-22(27)15-29-21-9-5-4-8-20(21)24/h2-14H,15H2,1H3,(H,26,27). The van der Waals surface area contributed by atoms with Gasteiger partial charge < -0.3 is 9.47 Å². The average molecular weight is 423 g/mol. The first-order valence-electron chi connectivity index (χ1n) is 9.10. The van der Waals surface area contributed by atoms with Crippen LogP contribution in [0.1, 0.15) is 21.5 Å². The molecular formula is C23H19ClN2O4. The number of hydrogen-bond acceptors (Lipinski definition) is 5. The first-order valence-corrected chi connectivity index (χ1v) is 9.48. The number of amides is 1. The van der Waals surface area contributed by atoms with Gasteiger partial charge in [-0.05, 0) is 60.5 Å². The molecule has 0 saturated carbocycles. The van der Waals surface area contributed by atoms with E-state index in [0.717, 1.165) is 11.1 Å². The molecule has 1 amide bonds. The van der Waals surface area contributed by atoms with Gasteiger partial charge in [0.25, 0.3) is 5.91 Å². The molecular weight excluding hydrogens is 404 g/mol. The van der Waals surface area contributed by atoms with Crippen molar-refractivity contribution in [1.82, 2.24) is 5.43 Å². The zero-order chi connectivity index (χ0) is 21.3. The highest BCUT2D eigenvalue weighted by atomic mass is 35.5. The van der Waals surface area contributed by atoms with Crippen LogP contribution in [-0.4, -0.2) is 24.7 Å². The number of aryl methyl sites for hydroxylation is 1. The molecule has 0 atom stereocenters. The lowest BCUT2D eigenvalue weighted by atomic mass is 10.1. The second kappa shape index (κ2) is 10.2. The Morgan fingerprint density at radius 1 is 1.00 bits per heavy atom. The van der Waals surface area contributed by atoms with Crippen LogP contribution in [0.25, 0.3) is 0 Å². The highest BCUT2D eigenvalue weighted by molar-refractivity contribution is 6.32. The Labute approximate surface area is 179 Å². The smallest absolute Gasteiger partial charge is 0.343 e. The number of benzene rings is 3. The molecule has 0 unspecified atom stereocenters. The van der Waals surface area contributed by atoms with E-state index in [0.29, 0.717) is 22.1 Å². The largest absolute Gasteiger partial charge is 0.482 e. The highest BCUT2D eigenvalue weighted by Gasteiger charge is 2.10. The summed E-state index contributed by atoms with van der Waals surface area (Å²) in [5.74, 6) is 0.00181. The van der Waals surface area contributed by atoms with Gasteiger partial charge in [-0.2, -0.15) is 5.10 Å². The lowest BCUT2D eigenvalue weighted by Crippen LogP contribution is -2.24. The Morgan fingerprint density at radius 3 is 2.43 bits per heavy atom. The number of carbonyl (C=O) groups excluding carboxylic acids is 2. The summed E-state index contributed by atoms with van der Waals surface area (Å²) < 4.78 is 10.7. The molecule has 6 nitrogen and oxygen atoms in total. The summed E-state index contributed by atoms with van der Waals surface area (Å²) in [5, 5.41) is 4.31. The van der Waals surface area contributed by atoms with E-state index in [1.165, 1.54) is 6.21 Å². The molecule has 0 bridgehead atoms. The molecule has 0 heterocycles. The van der Waals surface area contributed by atoms with Crippen LogP contribution in [0, 0.1) is 6.92 Å². The van der Waals surface area contributed by atoms with Gasteiger partial charge in [-0.3, -0.25) is 4.79 Å². The van der Waals surface area contributed by atoms with E-state index in [4.69, 9.17) is 21.1 Å². The van der Waals surface area contributed by atoms with E-state index in [-0.39, 0.29) is 6.61 Å². The number of halogens is 1. The molecule has 3 aromatic carbocycles. The molecule has 0 aromatic heterocycles. The molecule has 0 saturated heterocycles. The summed E-state index contributed by atoms with van der Waals surface area (Å²) in [6, 6.07) is 20.8. The van der Waals surface area contributed by atoms with Crippen molar-refractivity contribution in [3.05, 3.63) is 94.5 Å². The fraction of sp³-hybridized carbons (Fsp3) is 0.0870. The Kier molecular flexibility index (Phi) is 7.19. The number of nitrogens with zero attached hydrogens (tertiary/aromatic N) is 1. The minimum atomic E-state index is -0.421. The van der Waals surface area contributed by atoms with E-state index in [9.17, 15) is 9.59 Å². The normalized spacial score (nSPS) is 10.6. The summed E-state index contributed by atoms with van der Waals surface area (Å²) in [6.45, 7) is 1.64. The van der Waals surface area contributed by atoms with Gasteiger partial charge in [0.2, 0.25) is 0 Å². The fourth-order valence-corrected chi connectivity index (χ4v) is 2.69. The number of esters is 1. The van der Waals surface area contributed by atoms with Crippen LogP contribution in [0.5, 0.6) is 11.5 Å². The fourth-order valence-electron chi connectivity index (χ4n) is 2.50. The monoisotopic (exact) mass is 422 g/mol. The molecule has 30 heavy (non-hydrogen) atoms. The topological polar surface area (TPSA) is 77.0 Å². The van der Waals surface area contributed by atoms with Crippen molar-refractivity contribution in [3.8, 4) is 11.5 Å². The highest BCUT2D eigenvalue weighted by Crippen LogP contribution is 2.22. The lowest BCUT2D eigenvalue weighted by Gasteiger charge is -2.07. The molecule has 0 aliphatic rings. The minimum absolute atomic E-state index is 0.213. The molecule has 0 spiro atoms. The molecule has 0 aliphatic carbocycles. The zero-order valence-corrected chi connectivity index (χ0v) is 16.9. The Morgan fingerprint density at radius 2 is 1.70 bits per heavy atom. The van der Waals surface area contributed by atoms with Gasteiger partial charge in [0.05, 0.1) is 16.8 Å². The van der Waals surface area contributed by atoms with Gasteiger partial charge in [-0.1, -0.05) is 41.9 Å². The predicted molar refractivity (Wildman–Crippen MR) is 115 cm³/mol. The second-order valence-corrected chi connectivity index (χ2v) is 6.69. The van der Waals surface area contributed by atoms with Crippen LogP contribution < -0.4 is 14.9 Å². The van der Waals surface area contributed by atoms with Crippen molar-refractivity contribution in [2.45, 2.75) is 6.92 Å². The maximum absolute atomic E-state index is 12.2. The quantitative estimate of drug-likeness (QED) is 0.265. The van der Waals surface area contributed by atoms with E-state index >= 15 is 0 Å². The van der Waals surface area contributed by atoms with E-state index < -0.39 is 11.9 Å². The zero-order valence-electron chi connectivity index (χ0n) is 16.2. The maximum Gasteiger partial charge on any atom is 0.343 e. The number of nitrogens with one attached hydrogen (secondary N) is 1. The van der Waals surface area contributed by atoms with Gasteiger partial charge >= 0.3 is 5.97 Å². The second-order valence-electron chi connectivity index (χ2n) is 6.29. The van der Waals surface area contributed by atoms with E-state index in [1.807, 2.05) is 19.1 Å². The molecule has 3 rings (SSSR count). The van der Waals surface area contributed by atoms with Crippen molar-refractivity contribution in [1.29, 1.82) is 0 Å². The Hall–Kier alpha value is -3.64. The summed E-state index contributed by atoms with van der Waals surface area (Å²) in [6.07, 6.45) is 1.47. The van der Waals surface area contributed by atoms with E-state index in [2.05, 4.69) is 10.5 Å². The molecule has 0 radical (unpaired) electrons. The molecule has 3 aromatic rings. The van der Waals surface area contributed by atoms with Crippen LogP contribution in [0.15, 0.2) is 77.9 Å². The summed E-state index contributed by atoms with van der Waals surface area (Å²) in [7, 11) is 0. The van der Waals surface area contributed by atoms with Crippen molar-refractivity contribution in [3.63, 3.8) is 0 Å². The van der Waals surface area contributed by atoms with Crippen LogP contribution in [0.2, 0.25) is 5.02 Å². The summed E-state index contributed by atoms with van der Waals surface area (Å²) in [4.78, 5) is 24.0. The van der Waals surface area contributed by atoms with Gasteiger partial charge in [0.1, 0.15) is 11.5 Å². The first kappa shape index (κ1) is 21.1. The number of ether oxygens (including phenoxy) is 2. The van der Waals surface area contributed by atoms with Crippen LogP contribution in [0.4, 0.5) is 0 Å². The van der Waals surface area contributed by atoms with Gasteiger partial charge in [-0.15, -0.1) is 0 Å². The molecule has 7 heteroatoms. The van der Waals surface area contributed by atoms with Gasteiger partial charge in [0, 0.05) is 0 Å². The maximum atomic E-state index is 12.2. The van der Waals surface area contributed by atoms with Gasteiger partial charge in [0.15, 0.2) is 6.61 Å². The van der Waals surface area contributed by atoms with Crippen molar-refractivity contribution < 1.29 is 19.1 Å². The van der Waals surface area contributed by atoms with Crippen molar-refractivity contribution in [2.75, 3.05) is 6.61 Å². The number of para-hydroxylation sites is 1. The van der Waals surface area contributed by atoms with Crippen molar-refractivity contribution in [2.24, 2.45) is 5.10 Å². The third-order valence-corrected chi connectivity index (χ3v) is 4.37. The van der Waals surface area contributed by atoms with Crippen molar-refractivity contribution >= 4 is 29.7 Å². The van der Waals surface area contributed by atoms with Gasteiger partial charge in [-0.25, -0.2) is 10.2 Å². The summed E-state index contributed by atoms with van der Waals surface area (Å²) >= 11 is 5.96. The average Bonchev–Trinajstić information content (AvgIpc) is 2.74. The lowest BCUT2D eigenvalue weighted by molar-refractivity contribution is -0.123. The molecule has 1 N–H and O–H groups in total. The third-order valence-electron chi connectivity index (χ3n) is 4.05. The number of carbonyl (C=O) groups is 2. The number of hydrazone groups is 1. The Bertz CT molecular complexity index is 1060. The third kappa shape index (κ3) is 5.93. The van der Waals surface area contributed by atoms with Crippen LogP contribution >= 0.6 is 11.6 Å². The molecule has 0 fully saturated rings. The van der Waals surface area contributed by atoms with Crippen LogP contribution in [0.3, 0.4) is 0 Å². The SMILES string of the molecule is Cc1ccccc1C(=O)Oc1ccc(C=NNC(=O)COc2ccccc2Cl)cc1. The molecule has 0 aliphatic heterocycles. The number of rotatable bonds is 7. The Balaban J connectivity index is 1.48. The van der Waals surface area contributed by atoms with Crippen LogP contribution in [-0.2, 0) is 4.79 Å². The number of hydrogen-bond donors (Lipinski definition) is 1. The summed E-state index contributed by atoms with van der Waals surface area (Å²) in [5.41, 5.74) is 4.46. The predicted octanol–water partition coefficient (Wildman–Crippen LogP) is 4.40.